The SMILES string of the molecule is CC(C)c1cc(C(C)C)c(-c2ccc3c(c2)c2ccc[c-]c2c2nccn32)c(C(C)C)c1.[Ir]. The predicted molar refractivity (Wildman–Crippen MR) is 137 cm³/mol. The summed E-state index contributed by atoms with van der Waals surface area (Å²) in [5.74, 6) is 1.43. The van der Waals surface area contributed by atoms with Crippen LogP contribution in [0.25, 0.3) is 38.4 Å². The first-order valence-electron chi connectivity index (χ1n) is 11.7. The fourth-order valence-corrected chi connectivity index (χ4v) is 4.94. The van der Waals surface area contributed by atoms with Gasteiger partial charge in [0.1, 0.15) is 0 Å². The van der Waals surface area contributed by atoms with Gasteiger partial charge in [-0.1, -0.05) is 71.2 Å². The maximum atomic E-state index is 4.61. The molecular formula is C30H31IrN2-. The van der Waals surface area contributed by atoms with Crippen LogP contribution in [0.4, 0.5) is 0 Å². The van der Waals surface area contributed by atoms with Gasteiger partial charge in [0.25, 0.3) is 0 Å². The summed E-state index contributed by atoms with van der Waals surface area (Å²) >= 11 is 0. The summed E-state index contributed by atoms with van der Waals surface area (Å²) in [5, 5.41) is 3.53. The zero-order valence-electron chi connectivity index (χ0n) is 20.2. The quantitative estimate of drug-likeness (QED) is 0.147. The fourth-order valence-electron chi connectivity index (χ4n) is 4.94. The molecule has 2 aromatic heterocycles. The van der Waals surface area contributed by atoms with E-state index in [1.54, 1.807) is 0 Å². The Morgan fingerprint density at radius 2 is 1.52 bits per heavy atom. The molecule has 0 aliphatic rings. The van der Waals surface area contributed by atoms with E-state index >= 15 is 0 Å². The minimum atomic E-state index is 0. The van der Waals surface area contributed by atoms with Crippen molar-refractivity contribution in [2.75, 3.05) is 0 Å². The third-order valence-electron chi connectivity index (χ3n) is 6.69. The Labute approximate surface area is 210 Å². The maximum absolute atomic E-state index is 4.61. The number of fused-ring (bicyclic) bond motifs is 6. The average molecular weight is 612 g/mol. The number of hydrogen-bond donors (Lipinski definition) is 0. The molecule has 2 heterocycles. The molecule has 2 nitrogen and oxygen atoms in total. The topological polar surface area (TPSA) is 17.3 Å². The number of pyridine rings is 1. The minimum Gasteiger partial charge on any atom is -0.340 e. The van der Waals surface area contributed by atoms with Crippen LogP contribution in [0.3, 0.4) is 0 Å². The standard InChI is InChI=1S/C30H31N2.Ir/c1-18(2)22-16-25(19(3)4)29(26(17-22)20(5)6)21-11-12-28-27(15-21)23-9-7-8-10-24(23)30-31-13-14-32(28)30;/h7-9,11-20H,1-6H3;/q-1;. The number of aromatic nitrogens is 2. The molecule has 1 radical (unpaired) electrons. The molecule has 3 heteroatoms. The van der Waals surface area contributed by atoms with Crippen LogP contribution >= 0.6 is 0 Å². The molecule has 0 saturated heterocycles. The second kappa shape index (κ2) is 9.05. The molecule has 5 aromatic rings. The molecule has 3 aromatic carbocycles. The van der Waals surface area contributed by atoms with Crippen LogP contribution in [0, 0.1) is 6.07 Å². The van der Waals surface area contributed by atoms with E-state index < -0.39 is 0 Å². The molecule has 0 spiro atoms. The van der Waals surface area contributed by atoms with Gasteiger partial charge in [0, 0.05) is 38.0 Å². The van der Waals surface area contributed by atoms with Crippen molar-refractivity contribution in [1.82, 2.24) is 9.38 Å². The zero-order chi connectivity index (χ0) is 22.6. The second-order valence-corrected chi connectivity index (χ2v) is 9.85. The van der Waals surface area contributed by atoms with Crippen molar-refractivity contribution >= 4 is 27.3 Å². The van der Waals surface area contributed by atoms with Crippen LogP contribution in [-0.4, -0.2) is 9.38 Å². The molecule has 0 bridgehead atoms. The molecule has 0 amide bonds. The number of nitrogens with zero attached hydrogens (tertiary/aromatic N) is 2. The fraction of sp³-hybridized carbons (Fsp3) is 0.300. The number of imidazole rings is 1. The van der Waals surface area contributed by atoms with Gasteiger partial charge in [-0.15, -0.1) is 29.7 Å². The number of benzene rings is 3. The Hall–Kier alpha value is -2.48. The zero-order valence-corrected chi connectivity index (χ0v) is 22.6. The van der Waals surface area contributed by atoms with Gasteiger partial charge < -0.3 is 4.40 Å². The van der Waals surface area contributed by atoms with Crippen molar-refractivity contribution in [3.05, 3.63) is 83.7 Å². The Morgan fingerprint density at radius 3 is 2.15 bits per heavy atom. The van der Waals surface area contributed by atoms with E-state index in [9.17, 15) is 0 Å². The van der Waals surface area contributed by atoms with Crippen LogP contribution in [0.2, 0.25) is 0 Å². The summed E-state index contributed by atoms with van der Waals surface area (Å²) in [4.78, 5) is 4.61. The van der Waals surface area contributed by atoms with Gasteiger partial charge in [-0.25, -0.2) is 0 Å². The molecule has 171 valence electrons. The smallest absolute Gasteiger partial charge is 0.0608 e. The summed E-state index contributed by atoms with van der Waals surface area (Å²) in [6.45, 7) is 13.8. The molecule has 0 aliphatic carbocycles. The van der Waals surface area contributed by atoms with Crippen LogP contribution in [0.1, 0.15) is 76.0 Å². The van der Waals surface area contributed by atoms with Crippen molar-refractivity contribution in [1.29, 1.82) is 0 Å². The van der Waals surface area contributed by atoms with E-state index in [1.165, 1.54) is 44.1 Å². The van der Waals surface area contributed by atoms with Crippen molar-refractivity contribution in [3.8, 4) is 11.1 Å². The van der Waals surface area contributed by atoms with E-state index in [1.807, 2.05) is 18.5 Å². The first kappa shape index (κ1) is 23.7. The molecule has 5 rings (SSSR count). The Kier molecular flexibility index (Phi) is 6.49. The van der Waals surface area contributed by atoms with Crippen molar-refractivity contribution in [2.45, 2.75) is 59.3 Å². The molecule has 0 aliphatic heterocycles. The van der Waals surface area contributed by atoms with E-state index in [0.29, 0.717) is 17.8 Å². The number of rotatable bonds is 4. The van der Waals surface area contributed by atoms with Crippen LogP contribution in [0.15, 0.2) is 60.9 Å². The summed E-state index contributed by atoms with van der Waals surface area (Å²) in [6.07, 6.45) is 3.93. The average Bonchev–Trinajstić information content (AvgIpc) is 3.28. The molecule has 0 fully saturated rings. The van der Waals surface area contributed by atoms with Crippen LogP contribution in [0.5, 0.6) is 0 Å². The van der Waals surface area contributed by atoms with Gasteiger partial charge in [-0.3, -0.25) is 4.98 Å². The van der Waals surface area contributed by atoms with Gasteiger partial charge >= 0.3 is 0 Å². The monoisotopic (exact) mass is 612 g/mol. The van der Waals surface area contributed by atoms with E-state index in [4.69, 9.17) is 0 Å². The molecule has 0 unspecified atom stereocenters. The van der Waals surface area contributed by atoms with E-state index in [2.05, 4.69) is 99.5 Å². The summed E-state index contributed by atoms with van der Waals surface area (Å²) < 4.78 is 2.19. The molecule has 33 heavy (non-hydrogen) atoms. The Morgan fingerprint density at radius 1 is 0.818 bits per heavy atom. The molecule has 0 atom stereocenters. The minimum absolute atomic E-state index is 0. The van der Waals surface area contributed by atoms with E-state index in [0.717, 1.165) is 11.0 Å². The van der Waals surface area contributed by atoms with Gasteiger partial charge in [0.2, 0.25) is 0 Å². The third-order valence-corrected chi connectivity index (χ3v) is 6.69. The maximum Gasteiger partial charge on any atom is 0.0608 e. The molecule has 0 N–H and O–H groups in total. The van der Waals surface area contributed by atoms with Crippen molar-refractivity contribution in [2.24, 2.45) is 0 Å². The van der Waals surface area contributed by atoms with Crippen LogP contribution < -0.4 is 0 Å². The molecule has 0 saturated carbocycles. The first-order chi connectivity index (χ1) is 15.4. The summed E-state index contributed by atoms with van der Waals surface area (Å²) in [7, 11) is 0. The van der Waals surface area contributed by atoms with Gasteiger partial charge in [-0.05, 0) is 57.0 Å². The van der Waals surface area contributed by atoms with Crippen LogP contribution in [-0.2, 0) is 20.1 Å². The predicted octanol–water partition coefficient (Wildman–Crippen LogP) is 8.48. The van der Waals surface area contributed by atoms with Crippen molar-refractivity contribution in [3.63, 3.8) is 0 Å². The molecular weight excluding hydrogens is 581 g/mol. The van der Waals surface area contributed by atoms with Gasteiger partial charge in [0.05, 0.1) is 5.65 Å². The second-order valence-electron chi connectivity index (χ2n) is 9.85. The van der Waals surface area contributed by atoms with E-state index in [-0.39, 0.29) is 20.1 Å². The largest absolute Gasteiger partial charge is 0.340 e. The number of hydrogen-bond acceptors (Lipinski definition) is 1. The summed E-state index contributed by atoms with van der Waals surface area (Å²) in [6, 6.07) is 21.5. The van der Waals surface area contributed by atoms with Gasteiger partial charge in [-0.2, -0.15) is 0 Å². The third kappa shape index (κ3) is 3.92. The normalized spacial score (nSPS) is 11.9. The Bertz CT molecular complexity index is 1430. The summed E-state index contributed by atoms with van der Waals surface area (Å²) in [5.41, 5.74) is 9.17. The first-order valence-corrected chi connectivity index (χ1v) is 11.7. The van der Waals surface area contributed by atoms with Crippen molar-refractivity contribution < 1.29 is 20.1 Å². The van der Waals surface area contributed by atoms with Gasteiger partial charge in [0.15, 0.2) is 0 Å². The Balaban J connectivity index is 0.00000259.